The summed E-state index contributed by atoms with van der Waals surface area (Å²) < 4.78 is 26.2. The van der Waals surface area contributed by atoms with Gasteiger partial charge in [-0.05, 0) is 36.4 Å². The Hall–Kier alpha value is -1.92. The number of nitrogens with one attached hydrogen (secondary N) is 1. The van der Waals surface area contributed by atoms with E-state index in [4.69, 9.17) is 5.11 Å². The van der Waals surface area contributed by atoms with Gasteiger partial charge in [-0.1, -0.05) is 6.07 Å². The summed E-state index contributed by atoms with van der Waals surface area (Å²) in [5.41, 5.74) is 0.639. The second-order valence-corrected chi connectivity index (χ2v) is 5.41. The largest absolute Gasteiger partial charge is 0.508 e. The Kier molecular flexibility index (Phi) is 3.59. The molecule has 0 aliphatic heterocycles. The number of sulfonamides is 1. The van der Waals surface area contributed by atoms with E-state index in [-0.39, 0.29) is 17.2 Å². The summed E-state index contributed by atoms with van der Waals surface area (Å²) >= 11 is 0. The van der Waals surface area contributed by atoms with E-state index < -0.39 is 10.0 Å². The number of benzene rings is 1. The van der Waals surface area contributed by atoms with E-state index in [0.717, 1.165) is 0 Å². The van der Waals surface area contributed by atoms with Gasteiger partial charge in [-0.25, -0.2) is 13.1 Å². The van der Waals surface area contributed by atoms with Crippen LogP contribution in [-0.4, -0.2) is 18.5 Å². The Morgan fingerprint density at radius 3 is 2.44 bits per heavy atom. The van der Waals surface area contributed by atoms with Crippen molar-refractivity contribution >= 4 is 10.0 Å². The first-order valence-corrected chi connectivity index (χ1v) is 6.75. The van der Waals surface area contributed by atoms with Crippen LogP contribution in [0.2, 0.25) is 0 Å². The minimum Gasteiger partial charge on any atom is -0.508 e. The van der Waals surface area contributed by atoms with E-state index in [1.165, 1.54) is 24.3 Å². The number of phenols is 1. The molecule has 0 amide bonds. The molecule has 0 unspecified atom stereocenters. The summed E-state index contributed by atoms with van der Waals surface area (Å²) in [7, 11) is -3.58. The van der Waals surface area contributed by atoms with Crippen LogP contribution >= 0.6 is 0 Å². The van der Waals surface area contributed by atoms with E-state index in [0.29, 0.717) is 5.69 Å². The Labute approximate surface area is 105 Å². The first-order valence-electron chi connectivity index (χ1n) is 5.26. The third-order valence-corrected chi connectivity index (χ3v) is 3.73. The van der Waals surface area contributed by atoms with E-state index in [1.54, 1.807) is 24.4 Å². The number of aromatic hydroxyl groups is 1. The minimum atomic E-state index is -3.58. The second-order valence-electron chi connectivity index (χ2n) is 3.64. The lowest BCUT2D eigenvalue weighted by molar-refractivity contribution is 0.474. The van der Waals surface area contributed by atoms with Gasteiger partial charge in [0.05, 0.1) is 17.1 Å². The monoisotopic (exact) mass is 264 g/mol. The highest BCUT2D eigenvalue weighted by Crippen LogP contribution is 2.14. The maximum Gasteiger partial charge on any atom is 0.240 e. The van der Waals surface area contributed by atoms with Crippen molar-refractivity contribution in [3.05, 3.63) is 54.4 Å². The van der Waals surface area contributed by atoms with Gasteiger partial charge in [0.1, 0.15) is 5.75 Å². The van der Waals surface area contributed by atoms with Crippen LogP contribution in [0.15, 0.2) is 53.6 Å². The van der Waals surface area contributed by atoms with E-state index in [1.807, 2.05) is 0 Å². The lowest BCUT2D eigenvalue weighted by Crippen LogP contribution is -2.23. The molecule has 0 atom stereocenters. The van der Waals surface area contributed by atoms with Crippen LogP contribution in [0.1, 0.15) is 5.69 Å². The molecule has 0 aliphatic rings. The highest BCUT2D eigenvalue weighted by Gasteiger charge is 2.13. The van der Waals surface area contributed by atoms with Gasteiger partial charge >= 0.3 is 0 Å². The molecule has 0 fully saturated rings. The Morgan fingerprint density at radius 1 is 1.11 bits per heavy atom. The summed E-state index contributed by atoms with van der Waals surface area (Å²) in [6.45, 7) is 0.129. The molecular formula is C12H12N2O3S. The molecule has 1 aromatic carbocycles. The summed E-state index contributed by atoms with van der Waals surface area (Å²) in [6, 6.07) is 10.6. The molecule has 2 rings (SSSR count). The van der Waals surface area contributed by atoms with Crippen LogP contribution < -0.4 is 4.72 Å². The number of aromatic nitrogens is 1. The molecule has 18 heavy (non-hydrogen) atoms. The number of hydrogen-bond acceptors (Lipinski definition) is 4. The van der Waals surface area contributed by atoms with Crippen molar-refractivity contribution in [1.82, 2.24) is 9.71 Å². The van der Waals surface area contributed by atoms with Gasteiger partial charge in [0.25, 0.3) is 0 Å². The summed E-state index contributed by atoms with van der Waals surface area (Å²) in [4.78, 5) is 4.13. The van der Waals surface area contributed by atoms with Gasteiger partial charge in [0.2, 0.25) is 10.0 Å². The molecule has 5 nitrogen and oxygen atoms in total. The van der Waals surface area contributed by atoms with Crippen molar-refractivity contribution in [3.8, 4) is 5.75 Å². The van der Waals surface area contributed by atoms with Crippen molar-refractivity contribution in [1.29, 1.82) is 0 Å². The summed E-state index contributed by atoms with van der Waals surface area (Å²) in [5, 5.41) is 9.11. The third kappa shape index (κ3) is 3.06. The quantitative estimate of drug-likeness (QED) is 0.871. The fourth-order valence-electron chi connectivity index (χ4n) is 1.38. The molecular weight excluding hydrogens is 252 g/mol. The predicted octanol–water partition coefficient (Wildman–Crippen LogP) is 1.27. The van der Waals surface area contributed by atoms with Crippen molar-refractivity contribution in [2.45, 2.75) is 11.4 Å². The highest BCUT2D eigenvalue weighted by molar-refractivity contribution is 7.89. The SMILES string of the molecule is O=S(=O)(NCc1ccccn1)c1ccc(O)cc1. The molecule has 2 aromatic rings. The molecule has 0 spiro atoms. The Bertz CT molecular complexity index is 610. The van der Waals surface area contributed by atoms with Gasteiger partial charge < -0.3 is 5.11 Å². The summed E-state index contributed by atoms with van der Waals surface area (Å²) in [6.07, 6.45) is 1.60. The van der Waals surface area contributed by atoms with Gasteiger partial charge in [-0.15, -0.1) is 0 Å². The molecule has 6 heteroatoms. The second kappa shape index (κ2) is 5.16. The number of pyridine rings is 1. The van der Waals surface area contributed by atoms with Crippen LogP contribution in [0.5, 0.6) is 5.75 Å². The van der Waals surface area contributed by atoms with E-state index in [9.17, 15) is 8.42 Å². The predicted molar refractivity (Wildman–Crippen MR) is 66.4 cm³/mol. The van der Waals surface area contributed by atoms with Gasteiger partial charge in [-0.2, -0.15) is 0 Å². The normalized spacial score (nSPS) is 11.3. The van der Waals surface area contributed by atoms with Crippen LogP contribution in [0.4, 0.5) is 0 Å². The lowest BCUT2D eigenvalue weighted by atomic mass is 10.3. The molecule has 0 aliphatic carbocycles. The zero-order valence-corrected chi connectivity index (χ0v) is 10.3. The zero-order chi connectivity index (χ0) is 13.0. The van der Waals surface area contributed by atoms with Gasteiger partial charge in [0, 0.05) is 6.20 Å². The number of rotatable bonds is 4. The first kappa shape index (κ1) is 12.5. The van der Waals surface area contributed by atoms with Gasteiger partial charge in [0.15, 0.2) is 0 Å². The minimum absolute atomic E-state index is 0.0266. The van der Waals surface area contributed by atoms with Gasteiger partial charge in [-0.3, -0.25) is 4.98 Å². The fraction of sp³-hybridized carbons (Fsp3) is 0.0833. The molecule has 1 aromatic heterocycles. The van der Waals surface area contributed by atoms with Crippen molar-refractivity contribution < 1.29 is 13.5 Å². The Balaban J connectivity index is 2.11. The van der Waals surface area contributed by atoms with E-state index in [2.05, 4.69) is 9.71 Å². The average Bonchev–Trinajstić information content (AvgIpc) is 2.38. The van der Waals surface area contributed by atoms with Crippen LogP contribution in [0.25, 0.3) is 0 Å². The number of nitrogens with zero attached hydrogens (tertiary/aromatic N) is 1. The smallest absolute Gasteiger partial charge is 0.240 e. The lowest BCUT2D eigenvalue weighted by Gasteiger charge is -2.06. The Morgan fingerprint density at radius 2 is 1.83 bits per heavy atom. The first-order chi connectivity index (χ1) is 8.58. The summed E-state index contributed by atoms with van der Waals surface area (Å²) in [5.74, 6) is 0.0266. The fourth-order valence-corrected chi connectivity index (χ4v) is 2.38. The molecule has 0 saturated heterocycles. The van der Waals surface area contributed by atoms with Crippen LogP contribution in [0.3, 0.4) is 0 Å². The standard InChI is InChI=1S/C12H12N2O3S/c15-11-4-6-12(7-5-11)18(16,17)14-9-10-3-1-2-8-13-10/h1-8,14-15H,9H2. The maximum atomic E-state index is 11.9. The molecule has 0 saturated carbocycles. The topological polar surface area (TPSA) is 79.3 Å². The third-order valence-electron chi connectivity index (χ3n) is 2.32. The molecule has 1 heterocycles. The number of phenolic OH excluding ortho intramolecular Hbond substituents is 1. The van der Waals surface area contributed by atoms with Crippen molar-refractivity contribution in [3.63, 3.8) is 0 Å². The maximum absolute atomic E-state index is 11.9. The van der Waals surface area contributed by atoms with Crippen molar-refractivity contribution in [2.75, 3.05) is 0 Å². The average molecular weight is 264 g/mol. The van der Waals surface area contributed by atoms with E-state index >= 15 is 0 Å². The highest BCUT2D eigenvalue weighted by atomic mass is 32.2. The zero-order valence-electron chi connectivity index (χ0n) is 9.45. The molecule has 2 N–H and O–H groups in total. The molecule has 0 radical (unpaired) electrons. The molecule has 0 bridgehead atoms. The van der Waals surface area contributed by atoms with Crippen molar-refractivity contribution in [2.24, 2.45) is 0 Å². The van der Waals surface area contributed by atoms with Crippen LogP contribution in [0, 0.1) is 0 Å². The number of hydrogen-bond donors (Lipinski definition) is 2. The molecule has 94 valence electrons. The van der Waals surface area contributed by atoms with Crippen LogP contribution in [-0.2, 0) is 16.6 Å².